The Bertz CT molecular complexity index is 834. The predicted molar refractivity (Wildman–Crippen MR) is 114 cm³/mol. The molecule has 0 radical (unpaired) electrons. The first-order valence-corrected chi connectivity index (χ1v) is 9.77. The second-order valence-corrected chi connectivity index (χ2v) is 6.74. The van der Waals surface area contributed by atoms with Crippen molar-refractivity contribution in [3.63, 3.8) is 0 Å². The summed E-state index contributed by atoms with van der Waals surface area (Å²) in [5.74, 6) is 0.550. The van der Waals surface area contributed by atoms with Crippen LogP contribution in [0.5, 0.6) is 5.75 Å². The van der Waals surface area contributed by atoms with E-state index in [-0.39, 0.29) is 17.7 Å². The maximum atomic E-state index is 12.5. The topological polar surface area (TPSA) is 80.6 Å². The third-order valence-corrected chi connectivity index (χ3v) is 3.82. The molecule has 0 aliphatic rings. The third kappa shape index (κ3) is 8.09. The molecule has 6 nitrogen and oxygen atoms in total. The molecule has 29 heavy (non-hydrogen) atoms. The lowest BCUT2D eigenvalue weighted by atomic mass is 10.1. The van der Waals surface area contributed by atoms with Crippen molar-refractivity contribution in [2.75, 3.05) is 6.54 Å². The third-order valence-electron chi connectivity index (χ3n) is 3.82. The van der Waals surface area contributed by atoms with Crippen molar-refractivity contribution in [3.8, 4) is 5.75 Å². The van der Waals surface area contributed by atoms with Crippen LogP contribution in [-0.4, -0.2) is 24.5 Å². The van der Waals surface area contributed by atoms with Crippen LogP contribution in [0.4, 0.5) is 0 Å². The Hall–Kier alpha value is -3.28. The maximum Gasteiger partial charge on any atom is 0.267 e. The van der Waals surface area contributed by atoms with Crippen LogP contribution in [0.15, 0.2) is 58.9 Å². The molecule has 0 bridgehead atoms. The summed E-state index contributed by atoms with van der Waals surface area (Å²) in [6.07, 6.45) is 7.94. The fourth-order valence-electron chi connectivity index (χ4n) is 2.43. The minimum atomic E-state index is -0.418. The maximum absolute atomic E-state index is 12.5. The smallest absolute Gasteiger partial charge is 0.267 e. The molecule has 0 spiro atoms. The van der Waals surface area contributed by atoms with Crippen LogP contribution in [0, 0.1) is 0 Å². The van der Waals surface area contributed by atoms with Crippen LogP contribution in [0.1, 0.15) is 44.9 Å². The summed E-state index contributed by atoms with van der Waals surface area (Å²) in [6.45, 7) is 6.51. The van der Waals surface area contributed by atoms with Crippen molar-refractivity contribution in [2.45, 2.75) is 39.7 Å². The van der Waals surface area contributed by atoms with Gasteiger partial charge in [0, 0.05) is 12.6 Å². The highest BCUT2D eigenvalue weighted by Crippen LogP contribution is 2.15. The number of rotatable bonds is 10. The normalized spacial score (nSPS) is 11.7. The zero-order valence-corrected chi connectivity index (χ0v) is 17.1. The van der Waals surface area contributed by atoms with Gasteiger partial charge in [-0.1, -0.05) is 25.5 Å². The van der Waals surface area contributed by atoms with E-state index in [0.717, 1.165) is 24.2 Å². The van der Waals surface area contributed by atoms with E-state index in [2.05, 4.69) is 10.6 Å². The second kappa shape index (κ2) is 11.5. The molecule has 154 valence electrons. The Morgan fingerprint density at radius 2 is 1.93 bits per heavy atom. The number of benzene rings is 1. The van der Waals surface area contributed by atoms with Gasteiger partial charge in [-0.05, 0) is 62.2 Å². The minimum Gasteiger partial charge on any atom is -0.491 e. The van der Waals surface area contributed by atoms with E-state index < -0.39 is 5.91 Å². The molecule has 1 aromatic heterocycles. The fourth-order valence-corrected chi connectivity index (χ4v) is 2.43. The summed E-state index contributed by atoms with van der Waals surface area (Å²) < 4.78 is 10.8. The monoisotopic (exact) mass is 396 g/mol. The summed E-state index contributed by atoms with van der Waals surface area (Å²) in [7, 11) is 0. The summed E-state index contributed by atoms with van der Waals surface area (Å²) in [6, 6.07) is 10.8. The molecule has 0 unspecified atom stereocenters. The van der Waals surface area contributed by atoms with Crippen LogP contribution in [0.2, 0.25) is 0 Å². The largest absolute Gasteiger partial charge is 0.491 e. The van der Waals surface area contributed by atoms with Gasteiger partial charge < -0.3 is 19.8 Å². The van der Waals surface area contributed by atoms with E-state index in [1.807, 2.05) is 45.0 Å². The molecule has 2 N–H and O–H groups in total. The summed E-state index contributed by atoms with van der Waals surface area (Å²) in [4.78, 5) is 24.8. The molecule has 0 saturated carbocycles. The predicted octanol–water partition coefficient (Wildman–Crippen LogP) is 4.15. The molecule has 2 amide bonds. The van der Waals surface area contributed by atoms with Gasteiger partial charge in [0.2, 0.25) is 5.91 Å². The zero-order chi connectivity index (χ0) is 21.1. The van der Waals surface area contributed by atoms with Gasteiger partial charge in [-0.25, -0.2) is 0 Å². The van der Waals surface area contributed by atoms with Crippen molar-refractivity contribution >= 4 is 24.0 Å². The quantitative estimate of drug-likeness (QED) is 0.467. The highest BCUT2D eigenvalue weighted by Gasteiger charge is 2.12. The van der Waals surface area contributed by atoms with E-state index in [0.29, 0.717) is 12.3 Å². The molecule has 1 aromatic carbocycles. The van der Waals surface area contributed by atoms with Gasteiger partial charge in [0.15, 0.2) is 0 Å². The van der Waals surface area contributed by atoms with Crippen LogP contribution >= 0.6 is 0 Å². The number of unbranched alkanes of at least 4 members (excludes halogenated alkanes) is 1. The summed E-state index contributed by atoms with van der Waals surface area (Å²) >= 11 is 0. The zero-order valence-electron chi connectivity index (χ0n) is 17.1. The van der Waals surface area contributed by atoms with Gasteiger partial charge in [-0.3, -0.25) is 9.59 Å². The fraction of sp³-hybridized carbons (Fsp3) is 0.304. The van der Waals surface area contributed by atoms with Gasteiger partial charge in [0.1, 0.15) is 17.2 Å². The van der Waals surface area contributed by atoms with E-state index in [4.69, 9.17) is 9.15 Å². The lowest BCUT2D eigenvalue weighted by molar-refractivity contribution is -0.121. The van der Waals surface area contributed by atoms with E-state index >= 15 is 0 Å². The Balaban J connectivity index is 2.13. The first-order valence-electron chi connectivity index (χ1n) is 9.77. The molecule has 6 heteroatoms. The average molecular weight is 396 g/mol. The van der Waals surface area contributed by atoms with Crippen molar-refractivity contribution < 1.29 is 18.7 Å². The first-order chi connectivity index (χ1) is 14.0. The highest BCUT2D eigenvalue weighted by atomic mass is 16.5. The van der Waals surface area contributed by atoms with Crippen molar-refractivity contribution in [2.24, 2.45) is 0 Å². The van der Waals surface area contributed by atoms with E-state index in [1.165, 1.54) is 12.3 Å². The van der Waals surface area contributed by atoms with Gasteiger partial charge >= 0.3 is 0 Å². The number of carbonyl (C=O) groups is 2. The summed E-state index contributed by atoms with van der Waals surface area (Å²) in [5.41, 5.74) is 0.949. The van der Waals surface area contributed by atoms with Gasteiger partial charge in [-0.15, -0.1) is 0 Å². The van der Waals surface area contributed by atoms with Gasteiger partial charge in [0.25, 0.3) is 5.91 Å². The van der Waals surface area contributed by atoms with Crippen molar-refractivity contribution in [1.82, 2.24) is 10.6 Å². The van der Waals surface area contributed by atoms with Gasteiger partial charge in [-0.2, -0.15) is 0 Å². The van der Waals surface area contributed by atoms with Crippen molar-refractivity contribution in [1.29, 1.82) is 0 Å². The number of furan rings is 1. The molecule has 0 atom stereocenters. The SMILES string of the molecule is CCCCNC(=O)/C(=C\c1ccc(OC(C)C)cc1)NC(=O)/C=C/c1ccco1. The minimum absolute atomic E-state index is 0.0801. The number of carbonyl (C=O) groups excluding carboxylic acids is 2. The lowest BCUT2D eigenvalue weighted by Crippen LogP contribution is -2.34. The van der Waals surface area contributed by atoms with Crippen LogP contribution in [-0.2, 0) is 9.59 Å². The number of hydrogen-bond donors (Lipinski definition) is 2. The van der Waals surface area contributed by atoms with Crippen LogP contribution in [0.3, 0.4) is 0 Å². The number of amides is 2. The van der Waals surface area contributed by atoms with E-state index in [1.54, 1.807) is 24.3 Å². The Labute approximate surface area is 171 Å². The molecule has 1 heterocycles. The molecular weight excluding hydrogens is 368 g/mol. The molecule has 0 saturated heterocycles. The Kier molecular flexibility index (Phi) is 8.76. The Morgan fingerprint density at radius 1 is 1.17 bits per heavy atom. The molecule has 2 rings (SSSR count). The molecular formula is C23H28N2O4. The molecule has 0 aliphatic carbocycles. The van der Waals surface area contributed by atoms with Crippen LogP contribution in [0.25, 0.3) is 12.2 Å². The van der Waals surface area contributed by atoms with Crippen LogP contribution < -0.4 is 15.4 Å². The molecule has 0 fully saturated rings. The highest BCUT2D eigenvalue weighted by molar-refractivity contribution is 6.04. The number of ether oxygens (including phenoxy) is 1. The van der Waals surface area contributed by atoms with Gasteiger partial charge in [0.05, 0.1) is 12.4 Å². The summed E-state index contributed by atoms with van der Waals surface area (Å²) in [5, 5.41) is 5.48. The number of nitrogens with one attached hydrogen (secondary N) is 2. The Morgan fingerprint density at radius 3 is 2.55 bits per heavy atom. The average Bonchev–Trinajstić information content (AvgIpc) is 3.21. The molecule has 2 aromatic rings. The first kappa shape index (κ1) is 22.0. The second-order valence-electron chi connectivity index (χ2n) is 6.74. The lowest BCUT2D eigenvalue weighted by Gasteiger charge is -2.11. The standard InChI is InChI=1S/C23H28N2O4/c1-4-5-14-24-23(27)21(25-22(26)13-12-19-7-6-15-28-19)16-18-8-10-20(11-9-18)29-17(2)3/h6-13,15-17H,4-5,14H2,1-3H3,(H,24,27)(H,25,26)/b13-12+,21-16+. The number of hydrogen-bond acceptors (Lipinski definition) is 4. The molecule has 0 aliphatic heterocycles. The van der Waals surface area contributed by atoms with E-state index in [9.17, 15) is 9.59 Å². The van der Waals surface area contributed by atoms with Crippen molar-refractivity contribution in [3.05, 3.63) is 65.8 Å².